The number of hydrogen-bond donors (Lipinski definition) is 0. The van der Waals surface area contributed by atoms with E-state index in [1.54, 1.807) is 0 Å². The van der Waals surface area contributed by atoms with E-state index in [0.717, 1.165) is 6.26 Å². The fourth-order valence-electron chi connectivity index (χ4n) is 0.336. The Labute approximate surface area is 58.9 Å². The highest BCUT2D eigenvalue weighted by Crippen LogP contribution is 1.97. The number of carbonyl (C=O) groups excluding carboxylic acids is 1. The minimum absolute atomic E-state index is 0.162. The van der Waals surface area contributed by atoms with Crippen LogP contribution in [0.2, 0.25) is 0 Å². The van der Waals surface area contributed by atoms with Gasteiger partial charge in [0.05, 0.1) is 27.1 Å². The molecule has 0 aliphatic rings. The molecule has 0 saturated heterocycles. The average Bonchev–Trinajstić information content (AvgIpc) is 1.99. The van der Waals surface area contributed by atoms with Gasteiger partial charge in [-0.05, 0) is 0 Å². The molecule has 0 saturated carbocycles. The first-order chi connectivity index (χ1) is 4.76. The van der Waals surface area contributed by atoms with Crippen LogP contribution in [0, 0.1) is 6.57 Å². The molecule has 4 nitrogen and oxygen atoms in total. The van der Waals surface area contributed by atoms with Crippen LogP contribution in [0.15, 0.2) is 12.0 Å². The highest BCUT2D eigenvalue weighted by Gasteiger charge is 2.08. The van der Waals surface area contributed by atoms with E-state index in [1.807, 2.05) is 0 Å². The van der Waals surface area contributed by atoms with Crippen molar-refractivity contribution in [2.45, 2.75) is 0 Å². The summed E-state index contributed by atoms with van der Waals surface area (Å²) in [4.78, 5) is 13.4. The van der Waals surface area contributed by atoms with E-state index in [0.29, 0.717) is 0 Å². The summed E-state index contributed by atoms with van der Waals surface area (Å²) in [5.74, 6) is -0.683. The van der Waals surface area contributed by atoms with E-state index in [9.17, 15) is 4.79 Å². The summed E-state index contributed by atoms with van der Waals surface area (Å²) in [6.45, 7) is 6.47. The molecule has 0 aromatic heterocycles. The fraction of sp³-hybridized carbons (Fsp3) is 0.333. The van der Waals surface area contributed by atoms with Crippen molar-refractivity contribution in [1.82, 2.24) is 0 Å². The van der Waals surface area contributed by atoms with Crippen molar-refractivity contribution in [2.24, 2.45) is 0 Å². The molecule has 0 aromatic rings. The Morgan fingerprint density at radius 1 is 1.60 bits per heavy atom. The quantitative estimate of drug-likeness (QED) is 0.244. The second kappa shape index (κ2) is 4.39. The van der Waals surface area contributed by atoms with Gasteiger partial charge in [-0.3, -0.25) is 4.79 Å². The maximum Gasteiger partial charge on any atom is 0.339 e. The van der Waals surface area contributed by atoms with E-state index in [2.05, 4.69) is 14.3 Å². The van der Waals surface area contributed by atoms with Crippen molar-refractivity contribution in [3.63, 3.8) is 0 Å². The Bertz CT molecular complexity index is 190. The van der Waals surface area contributed by atoms with E-state index < -0.39 is 5.97 Å². The van der Waals surface area contributed by atoms with Crippen molar-refractivity contribution in [3.05, 3.63) is 23.4 Å². The lowest BCUT2D eigenvalue weighted by Gasteiger charge is -1.93. The summed E-state index contributed by atoms with van der Waals surface area (Å²) in [5.41, 5.74) is -0.162. The molecule has 0 spiro atoms. The van der Waals surface area contributed by atoms with Crippen LogP contribution < -0.4 is 0 Å². The Hall–Kier alpha value is -1.50. The largest absolute Gasteiger partial charge is 0.515 e. The second-order valence-corrected chi connectivity index (χ2v) is 1.34. The lowest BCUT2D eigenvalue weighted by Crippen LogP contribution is -2.01. The number of rotatable bonds is 2. The summed E-state index contributed by atoms with van der Waals surface area (Å²) in [6, 6.07) is 0. The van der Waals surface area contributed by atoms with Gasteiger partial charge in [0, 0.05) is 0 Å². The molecule has 0 radical (unpaired) electrons. The van der Waals surface area contributed by atoms with E-state index >= 15 is 0 Å². The van der Waals surface area contributed by atoms with Gasteiger partial charge in [-0.25, -0.2) is 4.85 Å². The molecule has 0 aliphatic heterocycles. The van der Waals surface area contributed by atoms with Crippen LogP contribution in [-0.4, -0.2) is 20.2 Å². The molecule has 0 aliphatic carbocycles. The SMILES string of the molecule is [C-]#[N+]/C(=C/OC)C(=O)OC. The summed E-state index contributed by atoms with van der Waals surface area (Å²) in [5, 5.41) is 0. The summed E-state index contributed by atoms with van der Waals surface area (Å²) in [6.07, 6.45) is 1.04. The highest BCUT2D eigenvalue weighted by atomic mass is 16.5. The maximum absolute atomic E-state index is 10.5. The lowest BCUT2D eigenvalue weighted by molar-refractivity contribution is -0.135. The number of ether oxygens (including phenoxy) is 2. The number of esters is 1. The molecule has 0 bridgehead atoms. The van der Waals surface area contributed by atoms with Crippen LogP contribution in [0.25, 0.3) is 4.85 Å². The molecule has 4 heteroatoms. The Morgan fingerprint density at radius 2 is 2.20 bits per heavy atom. The number of methoxy groups -OCH3 is 2. The maximum atomic E-state index is 10.5. The van der Waals surface area contributed by atoms with Crippen LogP contribution in [0.3, 0.4) is 0 Å². The van der Waals surface area contributed by atoms with Crippen LogP contribution >= 0.6 is 0 Å². The molecule has 10 heavy (non-hydrogen) atoms. The smallest absolute Gasteiger partial charge is 0.339 e. The van der Waals surface area contributed by atoms with E-state index in [1.165, 1.54) is 14.2 Å². The summed E-state index contributed by atoms with van der Waals surface area (Å²) in [7, 11) is 2.56. The van der Waals surface area contributed by atoms with Gasteiger partial charge in [-0.2, -0.15) is 0 Å². The zero-order valence-electron chi connectivity index (χ0n) is 5.75. The summed E-state index contributed by atoms with van der Waals surface area (Å²) >= 11 is 0. The van der Waals surface area contributed by atoms with Gasteiger partial charge in [0.15, 0.2) is 0 Å². The first-order valence-electron chi connectivity index (χ1n) is 2.45. The molecule has 0 rings (SSSR count). The normalized spacial score (nSPS) is 9.90. The molecule has 0 atom stereocenters. The second-order valence-electron chi connectivity index (χ2n) is 1.34. The van der Waals surface area contributed by atoms with Crippen LogP contribution in [-0.2, 0) is 14.3 Å². The van der Waals surface area contributed by atoms with Gasteiger partial charge >= 0.3 is 11.7 Å². The fourth-order valence-corrected chi connectivity index (χ4v) is 0.336. The van der Waals surface area contributed by atoms with E-state index in [-0.39, 0.29) is 5.70 Å². The molecule has 0 unspecified atom stereocenters. The molecular weight excluding hydrogens is 134 g/mol. The van der Waals surface area contributed by atoms with Gasteiger partial charge < -0.3 is 9.47 Å². The Morgan fingerprint density at radius 3 is 2.50 bits per heavy atom. The van der Waals surface area contributed by atoms with Gasteiger partial charge in [0.25, 0.3) is 0 Å². The first kappa shape index (κ1) is 8.50. The van der Waals surface area contributed by atoms with Crippen molar-refractivity contribution >= 4 is 5.97 Å². The van der Waals surface area contributed by atoms with Crippen LogP contribution in [0.4, 0.5) is 0 Å². The average molecular weight is 141 g/mol. The molecular formula is C6H7NO3. The van der Waals surface area contributed by atoms with Crippen LogP contribution in [0.1, 0.15) is 0 Å². The minimum Gasteiger partial charge on any atom is -0.515 e. The van der Waals surface area contributed by atoms with Gasteiger partial charge in [-0.15, -0.1) is 0 Å². The molecule has 0 N–H and O–H groups in total. The zero-order chi connectivity index (χ0) is 7.98. The van der Waals surface area contributed by atoms with Crippen molar-refractivity contribution in [1.29, 1.82) is 0 Å². The molecule has 0 heterocycles. The predicted molar refractivity (Wildman–Crippen MR) is 33.7 cm³/mol. The van der Waals surface area contributed by atoms with E-state index in [4.69, 9.17) is 6.57 Å². The molecule has 0 fully saturated rings. The third kappa shape index (κ3) is 2.18. The molecule has 0 aromatic carbocycles. The Kier molecular flexibility index (Phi) is 3.73. The summed E-state index contributed by atoms with van der Waals surface area (Å²) < 4.78 is 8.70. The number of hydrogen-bond acceptors (Lipinski definition) is 3. The van der Waals surface area contributed by atoms with Crippen molar-refractivity contribution < 1.29 is 14.3 Å². The minimum atomic E-state index is -0.683. The Balaban J connectivity index is 4.25. The third-order valence-corrected chi connectivity index (χ3v) is 0.744. The van der Waals surface area contributed by atoms with Crippen molar-refractivity contribution in [3.8, 4) is 0 Å². The molecule has 0 amide bonds. The van der Waals surface area contributed by atoms with Crippen molar-refractivity contribution in [2.75, 3.05) is 14.2 Å². The predicted octanol–water partition coefficient (Wildman–Crippen LogP) is 0.566. The number of nitrogens with zero attached hydrogens (tertiary/aromatic N) is 1. The lowest BCUT2D eigenvalue weighted by atomic mass is 10.5. The van der Waals surface area contributed by atoms with Crippen LogP contribution in [0.5, 0.6) is 0 Å². The number of carbonyl (C=O) groups is 1. The van der Waals surface area contributed by atoms with Gasteiger partial charge in [-0.1, -0.05) is 0 Å². The van der Waals surface area contributed by atoms with Gasteiger partial charge in [0.1, 0.15) is 0 Å². The first-order valence-corrected chi connectivity index (χ1v) is 2.45. The standard InChI is InChI=1S/C6H7NO3/c1-7-5(4-9-2)6(8)10-3/h4H,2-3H3/b5-4+. The third-order valence-electron chi connectivity index (χ3n) is 0.744. The molecule has 54 valence electrons. The highest BCUT2D eigenvalue weighted by molar-refractivity contribution is 5.89. The zero-order valence-corrected chi connectivity index (χ0v) is 5.75. The topological polar surface area (TPSA) is 39.9 Å². The van der Waals surface area contributed by atoms with Gasteiger partial charge in [0.2, 0.25) is 0 Å². The monoisotopic (exact) mass is 141 g/mol.